The van der Waals surface area contributed by atoms with Gasteiger partial charge in [-0.25, -0.2) is 0 Å². The minimum Gasteiger partial charge on any atom is -0.309 e. The Morgan fingerprint density at radius 2 is 0.974 bits per heavy atom. The molecule has 3 aromatic heterocycles. The van der Waals surface area contributed by atoms with Crippen LogP contribution in [0.25, 0.3) is 75.2 Å². The summed E-state index contributed by atoms with van der Waals surface area (Å²) in [5.41, 5.74) is 6.16. The fraction of sp³-hybridized carbons (Fsp3) is 0. The largest absolute Gasteiger partial charge is 0.309 e. The van der Waals surface area contributed by atoms with Gasteiger partial charge in [0, 0.05) is 31.9 Å². The molecule has 0 fully saturated rings. The van der Waals surface area contributed by atoms with Crippen molar-refractivity contribution in [2.24, 2.45) is 0 Å². The third-order valence-electron chi connectivity index (χ3n) is 8.11. The monoisotopic (exact) mass is 514 g/mol. The van der Waals surface area contributed by atoms with Gasteiger partial charge in [-0.05, 0) is 64.7 Å². The van der Waals surface area contributed by atoms with E-state index in [0.29, 0.717) is 0 Å². The number of rotatable bonds is 2. The highest BCUT2D eigenvalue weighted by molar-refractivity contribution is 7.21. The van der Waals surface area contributed by atoms with Crippen molar-refractivity contribution < 1.29 is 0 Å². The third-order valence-corrected chi connectivity index (χ3v) is 9.22. The van der Waals surface area contributed by atoms with Gasteiger partial charge in [0.1, 0.15) is 5.00 Å². The van der Waals surface area contributed by atoms with Crippen molar-refractivity contribution in [1.29, 1.82) is 0 Å². The molecule has 6 aromatic carbocycles. The summed E-state index contributed by atoms with van der Waals surface area (Å²) in [5.74, 6) is 0. The van der Waals surface area contributed by atoms with E-state index in [2.05, 4.69) is 143 Å². The standard InChI is InChI=1S/C36H22N2S/c1-2-11-24(12-3-1)37-29-15-7-5-13-27(29)35-25-19-21-32-36(26(25)18-20-31(35)37)28-14-6-8-16-30(28)38(32)34-22-23-10-4-9-17-33(23)39-34/h1-22H. The minimum atomic E-state index is 1.19. The lowest BCUT2D eigenvalue weighted by Crippen LogP contribution is -1.93. The lowest BCUT2D eigenvalue weighted by molar-refractivity contribution is 1.18. The average molecular weight is 515 g/mol. The average Bonchev–Trinajstić information content (AvgIpc) is 3.67. The molecular weight excluding hydrogens is 492 g/mol. The van der Waals surface area contributed by atoms with Crippen LogP contribution in [0.15, 0.2) is 133 Å². The first kappa shape index (κ1) is 21.1. The molecule has 9 aromatic rings. The maximum absolute atomic E-state index is 2.45. The van der Waals surface area contributed by atoms with Gasteiger partial charge in [-0.3, -0.25) is 0 Å². The first-order valence-corrected chi connectivity index (χ1v) is 14.1. The highest BCUT2D eigenvalue weighted by Gasteiger charge is 2.19. The Morgan fingerprint density at radius 1 is 0.410 bits per heavy atom. The van der Waals surface area contributed by atoms with E-state index in [0.717, 1.165) is 0 Å². The van der Waals surface area contributed by atoms with Crippen LogP contribution in [0.4, 0.5) is 0 Å². The SMILES string of the molecule is c1ccc(-n2c3ccccc3c3c4ccc5c(c4ccc32)c2ccccc2n5-c2cc3ccccc3s2)cc1. The molecule has 0 spiro atoms. The second-order valence-electron chi connectivity index (χ2n) is 10.2. The molecule has 0 unspecified atom stereocenters. The number of thiophene rings is 1. The first-order valence-electron chi connectivity index (χ1n) is 13.3. The predicted octanol–water partition coefficient (Wildman–Crippen LogP) is 10.2. The second kappa shape index (κ2) is 7.83. The Bertz CT molecular complexity index is 2350. The zero-order valence-corrected chi connectivity index (χ0v) is 21.8. The van der Waals surface area contributed by atoms with Crippen molar-refractivity contribution >= 4 is 75.8 Å². The zero-order chi connectivity index (χ0) is 25.5. The van der Waals surface area contributed by atoms with E-state index in [1.807, 2.05) is 11.3 Å². The normalized spacial score (nSPS) is 12.1. The molecule has 3 heteroatoms. The molecule has 0 aliphatic carbocycles. The Balaban J connectivity index is 1.44. The predicted molar refractivity (Wildman–Crippen MR) is 168 cm³/mol. The van der Waals surface area contributed by atoms with Crippen LogP contribution >= 0.6 is 11.3 Å². The van der Waals surface area contributed by atoms with Crippen LogP contribution in [0.3, 0.4) is 0 Å². The summed E-state index contributed by atoms with van der Waals surface area (Å²) in [6, 6.07) is 48.6. The molecule has 0 saturated heterocycles. The molecule has 0 N–H and O–H groups in total. The number of hydrogen-bond donors (Lipinski definition) is 0. The Hall–Kier alpha value is -4.86. The van der Waals surface area contributed by atoms with Gasteiger partial charge in [-0.1, -0.05) is 84.9 Å². The van der Waals surface area contributed by atoms with Gasteiger partial charge in [0.15, 0.2) is 0 Å². The first-order chi connectivity index (χ1) is 19.4. The van der Waals surface area contributed by atoms with Gasteiger partial charge in [-0.15, -0.1) is 11.3 Å². The molecule has 0 atom stereocenters. The van der Waals surface area contributed by atoms with Gasteiger partial charge in [-0.2, -0.15) is 0 Å². The van der Waals surface area contributed by atoms with Gasteiger partial charge < -0.3 is 9.13 Å². The van der Waals surface area contributed by atoms with Crippen molar-refractivity contribution in [3.8, 4) is 10.7 Å². The van der Waals surface area contributed by atoms with Crippen LogP contribution in [0, 0.1) is 0 Å². The Kier molecular flexibility index (Phi) is 4.24. The van der Waals surface area contributed by atoms with Crippen LogP contribution < -0.4 is 0 Å². The number of benzene rings is 6. The Labute approximate surface area is 228 Å². The van der Waals surface area contributed by atoms with Crippen molar-refractivity contribution in [3.05, 3.63) is 133 Å². The molecule has 0 aliphatic rings. The number of fused-ring (bicyclic) bond motifs is 10. The van der Waals surface area contributed by atoms with Crippen LogP contribution in [0.2, 0.25) is 0 Å². The fourth-order valence-electron chi connectivity index (χ4n) is 6.51. The zero-order valence-electron chi connectivity index (χ0n) is 21.0. The third kappa shape index (κ3) is 2.85. The summed E-state index contributed by atoms with van der Waals surface area (Å²) < 4.78 is 6.16. The number of para-hydroxylation sites is 3. The molecule has 39 heavy (non-hydrogen) atoms. The maximum atomic E-state index is 2.45. The smallest absolute Gasteiger partial charge is 0.101 e. The van der Waals surface area contributed by atoms with Gasteiger partial charge in [0.05, 0.1) is 22.1 Å². The summed E-state index contributed by atoms with van der Waals surface area (Å²) in [5, 5.41) is 10.4. The van der Waals surface area contributed by atoms with Crippen LogP contribution in [0.1, 0.15) is 0 Å². The van der Waals surface area contributed by atoms with Gasteiger partial charge >= 0.3 is 0 Å². The van der Waals surface area contributed by atoms with Crippen LogP contribution in [-0.2, 0) is 0 Å². The summed E-state index contributed by atoms with van der Waals surface area (Å²) in [6.45, 7) is 0. The van der Waals surface area contributed by atoms with E-state index < -0.39 is 0 Å². The molecular formula is C36H22N2S. The topological polar surface area (TPSA) is 9.86 Å². The van der Waals surface area contributed by atoms with Gasteiger partial charge in [0.2, 0.25) is 0 Å². The van der Waals surface area contributed by atoms with Crippen LogP contribution in [-0.4, -0.2) is 9.13 Å². The minimum absolute atomic E-state index is 1.19. The van der Waals surface area contributed by atoms with E-state index in [1.54, 1.807) is 0 Å². The lowest BCUT2D eigenvalue weighted by Gasteiger charge is -2.09. The summed E-state index contributed by atoms with van der Waals surface area (Å²) >= 11 is 1.86. The Morgan fingerprint density at radius 3 is 1.67 bits per heavy atom. The molecule has 0 aliphatic heterocycles. The van der Waals surface area contributed by atoms with E-state index in [-0.39, 0.29) is 0 Å². The van der Waals surface area contributed by atoms with E-state index in [4.69, 9.17) is 0 Å². The molecule has 9 rings (SSSR count). The molecule has 0 amide bonds. The number of aromatic nitrogens is 2. The number of hydrogen-bond acceptors (Lipinski definition) is 1. The van der Waals surface area contributed by atoms with E-state index in [1.165, 1.54) is 75.2 Å². The van der Waals surface area contributed by atoms with Crippen molar-refractivity contribution in [2.75, 3.05) is 0 Å². The van der Waals surface area contributed by atoms with Crippen molar-refractivity contribution in [3.63, 3.8) is 0 Å². The molecule has 2 nitrogen and oxygen atoms in total. The molecule has 3 heterocycles. The van der Waals surface area contributed by atoms with E-state index in [9.17, 15) is 0 Å². The number of nitrogens with zero attached hydrogens (tertiary/aromatic N) is 2. The summed E-state index contributed by atoms with van der Waals surface area (Å²) in [6.07, 6.45) is 0. The highest BCUT2D eigenvalue weighted by Crippen LogP contribution is 2.43. The molecule has 0 bridgehead atoms. The second-order valence-corrected chi connectivity index (χ2v) is 11.2. The van der Waals surface area contributed by atoms with Gasteiger partial charge in [0.25, 0.3) is 0 Å². The maximum Gasteiger partial charge on any atom is 0.101 e. The molecule has 0 saturated carbocycles. The highest BCUT2D eigenvalue weighted by atomic mass is 32.1. The fourth-order valence-corrected chi connectivity index (χ4v) is 7.60. The molecule has 182 valence electrons. The van der Waals surface area contributed by atoms with Crippen LogP contribution in [0.5, 0.6) is 0 Å². The van der Waals surface area contributed by atoms with Crippen molar-refractivity contribution in [2.45, 2.75) is 0 Å². The van der Waals surface area contributed by atoms with E-state index >= 15 is 0 Å². The lowest BCUT2D eigenvalue weighted by atomic mass is 9.99. The summed E-state index contributed by atoms with van der Waals surface area (Å²) in [7, 11) is 0. The quantitative estimate of drug-likeness (QED) is 0.217. The van der Waals surface area contributed by atoms with Crippen molar-refractivity contribution in [1.82, 2.24) is 9.13 Å². The summed E-state index contributed by atoms with van der Waals surface area (Å²) in [4.78, 5) is 0. The molecule has 0 radical (unpaired) electrons.